The Morgan fingerprint density at radius 1 is 1.19 bits per heavy atom. The van der Waals surface area contributed by atoms with E-state index in [-0.39, 0.29) is 5.43 Å². The van der Waals surface area contributed by atoms with Crippen molar-refractivity contribution in [2.45, 2.75) is 40.7 Å². The fraction of sp³-hybridized carbons (Fsp3) is 0.412. The first kappa shape index (κ1) is 15.4. The molecular formula is C17H23N3O. The van der Waals surface area contributed by atoms with Crippen LogP contribution in [0.2, 0.25) is 0 Å². The number of benzene rings is 1. The van der Waals surface area contributed by atoms with E-state index in [1.54, 1.807) is 6.07 Å². The fourth-order valence-electron chi connectivity index (χ4n) is 2.38. The van der Waals surface area contributed by atoms with Crippen LogP contribution in [0.1, 0.15) is 35.9 Å². The van der Waals surface area contributed by atoms with Crippen LogP contribution in [-0.4, -0.2) is 16.3 Å². The summed E-state index contributed by atoms with van der Waals surface area (Å²) in [5.74, 6) is 0. The molecule has 4 heteroatoms. The molecule has 1 heterocycles. The Balaban J connectivity index is 2.43. The predicted molar refractivity (Wildman–Crippen MR) is 86.0 cm³/mol. The van der Waals surface area contributed by atoms with Gasteiger partial charge in [-0.2, -0.15) is 5.10 Å². The molecule has 0 spiro atoms. The molecule has 0 bridgehead atoms. The Labute approximate surface area is 125 Å². The van der Waals surface area contributed by atoms with E-state index in [0.717, 1.165) is 29.9 Å². The van der Waals surface area contributed by atoms with Gasteiger partial charge in [-0.25, -0.2) is 4.68 Å². The van der Waals surface area contributed by atoms with E-state index in [1.165, 1.54) is 5.56 Å². The Morgan fingerprint density at radius 2 is 1.95 bits per heavy atom. The third kappa shape index (κ3) is 3.58. The van der Waals surface area contributed by atoms with Gasteiger partial charge >= 0.3 is 0 Å². The van der Waals surface area contributed by atoms with Gasteiger partial charge in [-0.3, -0.25) is 4.79 Å². The minimum absolute atomic E-state index is 0.00267. The van der Waals surface area contributed by atoms with Crippen LogP contribution in [0.25, 0.3) is 5.69 Å². The average Bonchev–Trinajstić information content (AvgIpc) is 2.42. The van der Waals surface area contributed by atoms with E-state index in [0.29, 0.717) is 12.2 Å². The predicted octanol–water partition coefficient (Wildman–Crippen LogP) is 2.66. The summed E-state index contributed by atoms with van der Waals surface area (Å²) in [7, 11) is 0. The number of nitrogens with one attached hydrogen (secondary N) is 1. The van der Waals surface area contributed by atoms with Gasteiger partial charge in [0.2, 0.25) is 5.43 Å². The van der Waals surface area contributed by atoms with Crippen molar-refractivity contribution in [2.24, 2.45) is 0 Å². The monoisotopic (exact) mass is 285 g/mol. The molecular weight excluding hydrogens is 262 g/mol. The Morgan fingerprint density at radius 3 is 2.62 bits per heavy atom. The standard InChI is InChI=1S/C17H23N3O/c1-5-8-18-11-15-17(21)10-14(4)20(19-15)16-7-6-12(2)9-13(16)3/h6-7,9-10,18H,5,8,11H2,1-4H3. The lowest BCUT2D eigenvalue weighted by molar-refractivity contribution is 0.636. The molecule has 2 rings (SSSR count). The summed E-state index contributed by atoms with van der Waals surface area (Å²) in [6.07, 6.45) is 1.04. The number of aryl methyl sites for hydroxylation is 3. The number of aromatic nitrogens is 2. The van der Waals surface area contributed by atoms with Crippen LogP contribution in [-0.2, 0) is 6.54 Å². The van der Waals surface area contributed by atoms with E-state index in [4.69, 9.17) is 0 Å². The van der Waals surface area contributed by atoms with Crippen molar-refractivity contribution >= 4 is 0 Å². The van der Waals surface area contributed by atoms with Crippen LogP contribution in [0.3, 0.4) is 0 Å². The van der Waals surface area contributed by atoms with Crippen LogP contribution in [0.4, 0.5) is 0 Å². The summed E-state index contributed by atoms with van der Waals surface area (Å²) >= 11 is 0. The van der Waals surface area contributed by atoms with Gasteiger partial charge in [0, 0.05) is 18.3 Å². The lowest BCUT2D eigenvalue weighted by Gasteiger charge is -2.14. The minimum atomic E-state index is -0.00267. The maximum atomic E-state index is 12.0. The van der Waals surface area contributed by atoms with E-state index in [2.05, 4.69) is 49.4 Å². The number of nitrogens with zero attached hydrogens (tertiary/aromatic N) is 2. The van der Waals surface area contributed by atoms with E-state index in [9.17, 15) is 4.79 Å². The number of rotatable bonds is 5. The molecule has 0 aliphatic rings. The summed E-state index contributed by atoms with van der Waals surface area (Å²) in [5.41, 5.74) is 4.81. The minimum Gasteiger partial charge on any atom is -0.311 e. The van der Waals surface area contributed by atoms with Crippen molar-refractivity contribution in [3.63, 3.8) is 0 Å². The molecule has 0 unspecified atom stereocenters. The lowest BCUT2D eigenvalue weighted by Crippen LogP contribution is -2.25. The Kier molecular flexibility index (Phi) is 4.91. The summed E-state index contributed by atoms with van der Waals surface area (Å²) in [4.78, 5) is 12.0. The van der Waals surface area contributed by atoms with Gasteiger partial charge in [-0.05, 0) is 45.4 Å². The average molecular weight is 285 g/mol. The van der Waals surface area contributed by atoms with Crippen LogP contribution in [0.15, 0.2) is 29.1 Å². The van der Waals surface area contributed by atoms with Gasteiger partial charge in [0.05, 0.1) is 5.69 Å². The van der Waals surface area contributed by atoms with E-state index < -0.39 is 0 Å². The lowest BCUT2D eigenvalue weighted by atomic mass is 10.1. The second-order valence-electron chi connectivity index (χ2n) is 5.48. The molecule has 0 atom stereocenters. The largest absolute Gasteiger partial charge is 0.311 e. The van der Waals surface area contributed by atoms with Crippen molar-refractivity contribution in [3.05, 3.63) is 57.0 Å². The summed E-state index contributed by atoms with van der Waals surface area (Å²) in [6, 6.07) is 7.91. The van der Waals surface area contributed by atoms with Crippen LogP contribution in [0.5, 0.6) is 0 Å². The molecule has 1 N–H and O–H groups in total. The molecule has 0 fully saturated rings. The molecule has 4 nitrogen and oxygen atoms in total. The molecule has 1 aromatic heterocycles. The summed E-state index contributed by atoms with van der Waals surface area (Å²) in [6.45, 7) is 9.55. The zero-order valence-electron chi connectivity index (χ0n) is 13.2. The molecule has 21 heavy (non-hydrogen) atoms. The maximum Gasteiger partial charge on any atom is 0.204 e. The van der Waals surface area contributed by atoms with Gasteiger partial charge in [0.15, 0.2) is 0 Å². The van der Waals surface area contributed by atoms with Crippen molar-refractivity contribution in [2.75, 3.05) is 6.54 Å². The topological polar surface area (TPSA) is 46.9 Å². The third-order valence-electron chi connectivity index (χ3n) is 3.48. The van der Waals surface area contributed by atoms with Gasteiger partial charge in [-0.1, -0.05) is 24.6 Å². The second kappa shape index (κ2) is 6.68. The van der Waals surface area contributed by atoms with Gasteiger partial charge in [0.25, 0.3) is 0 Å². The molecule has 0 aliphatic heterocycles. The highest BCUT2D eigenvalue weighted by molar-refractivity contribution is 5.42. The van der Waals surface area contributed by atoms with E-state index in [1.807, 2.05) is 11.6 Å². The molecule has 112 valence electrons. The molecule has 0 aliphatic carbocycles. The summed E-state index contributed by atoms with van der Waals surface area (Å²) < 4.78 is 1.86. The van der Waals surface area contributed by atoms with Crippen molar-refractivity contribution in [1.82, 2.24) is 15.1 Å². The quantitative estimate of drug-likeness (QED) is 0.859. The zero-order valence-corrected chi connectivity index (χ0v) is 13.2. The van der Waals surface area contributed by atoms with Crippen molar-refractivity contribution in [1.29, 1.82) is 0 Å². The molecule has 0 saturated carbocycles. The third-order valence-corrected chi connectivity index (χ3v) is 3.48. The Hall–Kier alpha value is -1.94. The molecule has 0 amide bonds. The SMILES string of the molecule is CCCNCc1nn(-c2ccc(C)cc2C)c(C)cc1=O. The second-order valence-corrected chi connectivity index (χ2v) is 5.48. The van der Waals surface area contributed by atoms with Crippen molar-refractivity contribution in [3.8, 4) is 5.69 Å². The van der Waals surface area contributed by atoms with Crippen molar-refractivity contribution < 1.29 is 0 Å². The zero-order chi connectivity index (χ0) is 15.4. The van der Waals surface area contributed by atoms with Gasteiger partial charge in [0.1, 0.15) is 5.69 Å². The molecule has 0 radical (unpaired) electrons. The first-order chi connectivity index (χ1) is 10.0. The number of hydrogen-bond acceptors (Lipinski definition) is 3. The maximum absolute atomic E-state index is 12.0. The molecule has 1 aromatic carbocycles. The van der Waals surface area contributed by atoms with Gasteiger partial charge in [-0.15, -0.1) is 0 Å². The fourth-order valence-corrected chi connectivity index (χ4v) is 2.38. The molecule has 0 saturated heterocycles. The number of hydrogen-bond donors (Lipinski definition) is 1. The normalized spacial score (nSPS) is 10.9. The highest BCUT2D eigenvalue weighted by atomic mass is 16.1. The van der Waals surface area contributed by atoms with Crippen LogP contribution < -0.4 is 10.7 Å². The first-order valence-electron chi connectivity index (χ1n) is 7.41. The van der Waals surface area contributed by atoms with E-state index >= 15 is 0 Å². The first-order valence-corrected chi connectivity index (χ1v) is 7.41. The highest BCUT2D eigenvalue weighted by Crippen LogP contribution is 2.15. The molecule has 2 aromatic rings. The van der Waals surface area contributed by atoms with Crippen LogP contribution in [0, 0.1) is 20.8 Å². The van der Waals surface area contributed by atoms with Gasteiger partial charge < -0.3 is 5.32 Å². The smallest absolute Gasteiger partial charge is 0.204 e. The highest BCUT2D eigenvalue weighted by Gasteiger charge is 2.09. The summed E-state index contributed by atoms with van der Waals surface area (Å²) in [5, 5.41) is 7.78. The van der Waals surface area contributed by atoms with Crippen LogP contribution >= 0.6 is 0 Å². The Bertz CT molecular complexity index is 689.